The van der Waals surface area contributed by atoms with Crippen LogP contribution in [0.25, 0.3) is 0 Å². The van der Waals surface area contributed by atoms with Crippen molar-refractivity contribution in [1.82, 2.24) is 0 Å². The van der Waals surface area contributed by atoms with Crippen LogP contribution in [0.3, 0.4) is 0 Å². The number of benzene rings is 2. The molecule has 0 atom stereocenters. The van der Waals surface area contributed by atoms with Gasteiger partial charge in [-0.3, -0.25) is 19.7 Å². The molecule has 1 saturated heterocycles. The van der Waals surface area contributed by atoms with E-state index in [0.29, 0.717) is 49.1 Å². The molecule has 0 bridgehead atoms. The van der Waals surface area contributed by atoms with Crippen molar-refractivity contribution in [2.24, 2.45) is 0 Å². The van der Waals surface area contributed by atoms with Crippen LogP contribution in [0.5, 0.6) is 5.75 Å². The van der Waals surface area contributed by atoms with Gasteiger partial charge in [-0.2, -0.15) is 0 Å². The van der Waals surface area contributed by atoms with E-state index in [1.807, 2.05) is 4.90 Å². The third-order valence-corrected chi connectivity index (χ3v) is 4.56. The predicted octanol–water partition coefficient (Wildman–Crippen LogP) is 2.65. The number of hydrogen-bond donors (Lipinski definition) is 2. The zero-order chi connectivity index (χ0) is 21.7. The first kappa shape index (κ1) is 21.1. The Balaban J connectivity index is 1.96. The Morgan fingerprint density at radius 3 is 2.50 bits per heavy atom. The summed E-state index contributed by atoms with van der Waals surface area (Å²) < 4.78 is 10.6. The van der Waals surface area contributed by atoms with Crippen molar-refractivity contribution in [1.29, 1.82) is 0 Å². The van der Waals surface area contributed by atoms with Crippen LogP contribution in [-0.4, -0.2) is 50.2 Å². The summed E-state index contributed by atoms with van der Waals surface area (Å²) in [6, 6.07) is 9.01. The fourth-order valence-corrected chi connectivity index (χ4v) is 3.18. The monoisotopic (exact) mass is 414 g/mol. The first-order chi connectivity index (χ1) is 14.4. The molecule has 1 heterocycles. The minimum Gasteiger partial charge on any atom is -0.495 e. The summed E-state index contributed by atoms with van der Waals surface area (Å²) in [4.78, 5) is 37.1. The first-order valence-corrected chi connectivity index (χ1v) is 9.27. The van der Waals surface area contributed by atoms with Gasteiger partial charge in [0.15, 0.2) is 0 Å². The van der Waals surface area contributed by atoms with Crippen molar-refractivity contribution in [3.8, 4) is 5.75 Å². The first-order valence-electron chi connectivity index (χ1n) is 9.27. The number of morpholine rings is 1. The lowest BCUT2D eigenvalue weighted by Gasteiger charge is -2.30. The Bertz CT molecular complexity index is 972. The number of carbonyl (C=O) groups excluding carboxylic acids is 2. The van der Waals surface area contributed by atoms with Crippen LogP contribution in [0.1, 0.15) is 17.3 Å². The van der Waals surface area contributed by atoms with Crippen molar-refractivity contribution >= 4 is 34.6 Å². The lowest BCUT2D eigenvalue weighted by atomic mass is 10.1. The Labute approximate surface area is 172 Å². The van der Waals surface area contributed by atoms with E-state index in [1.165, 1.54) is 26.2 Å². The Kier molecular flexibility index (Phi) is 6.48. The van der Waals surface area contributed by atoms with E-state index < -0.39 is 10.8 Å². The second-order valence-corrected chi connectivity index (χ2v) is 6.61. The van der Waals surface area contributed by atoms with Gasteiger partial charge >= 0.3 is 0 Å². The van der Waals surface area contributed by atoms with Gasteiger partial charge < -0.3 is 25.0 Å². The van der Waals surface area contributed by atoms with Gasteiger partial charge in [-0.25, -0.2) is 0 Å². The van der Waals surface area contributed by atoms with Crippen LogP contribution in [-0.2, 0) is 9.53 Å². The van der Waals surface area contributed by atoms with E-state index in [9.17, 15) is 19.7 Å². The lowest BCUT2D eigenvalue weighted by molar-refractivity contribution is -0.384. The highest BCUT2D eigenvalue weighted by atomic mass is 16.6. The van der Waals surface area contributed by atoms with Crippen molar-refractivity contribution in [3.63, 3.8) is 0 Å². The largest absolute Gasteiger partial charge is 0.495 e. The average Bonchev–Trinajstić information content (AvgIpc) is 2.73. The van der Waals surface area contributed by atoms with Crippen LogP contribution in [0.2, 0.25) is 0 Å². The van der Waals surface area contributed by atoms with Crippen LogP contribution >= 0.6 is 0 Å². The normalized spacial score (nSPS) is 13.5. The number of ether oxygens (including phenoxy) is 2. The molecule has 1 aliphatic heterocycles. The predicted molar refractivity (Wildman–Crippen MR) is 111 cm³/mol. The molecule has 0 spiro atoms. The number of methoxy groups -OCH3 is 1. The van der Waals surface area contributed by atoms with Crippen molar-refractivity contribution < 1.29 is 24.0 Å². The SMILES string of the molecule is COc1ccc(NC(C)=O)cc1NC(=O)c1cc([N+](=O)[O-])ccc1N1CCOCC1. The highest BCUT2D eigenvalue weighted by Crippen LogP contribution is 2.31. The third-order valence-electron chi connectivity index (χ3n) is 4.56. The number of rotatable bonds is 6. The van der Waals surface area contributed by atoms with E-state index in [4.69, 9.17) is 9.47 Å². The zero-order valence-corrected chi connectivity index (χ0v) is 16.6. The summed E-state index contributed by atoms with van der Waals surface area (Å²) in [7, 11) is 1.45. The van der Waals surface area contributed by atoms with Gasteiger partial charge in [0, 0.05) is 37.8 Å². The maximum absolute atomic E-state index is 13.1. The number of nitro groups is 1. The number of hydrogen-bond acceptors (Lipinski definition) is 7. The zero-order valence-electron chi connectivity index (χ0n) is 16.6. The van der Waals surface area contributed by atoms with Crippen molar-refractivity contribution in [2.45, 2.75) is 6.92 Å². The number of nitro benzene ring substituents is 1. The molecule has 10 heteroatoms. The van der Waals surface area contributed by atoms with Crippen LogP contribution in [0.15, 0.2) is 36.4 Å². The molecule has 10 nitrogen and oxygen atoms in total. The molecule has 0 saturated carbocycles. The fourth-order valence-electron chi connectivity index (χ4n) is 3.18. The van der Waals surface area contributed by atoms with E-state index in [2.05, 4.69) is 10.6 Å². The van der Waals surface area contributed by atoms with Gasteiger partial charge in [0.05, 0.1) is 42.2 Å². The molecule has 2 aromatic carbocycles. The quantitative estimate of drug-likeness (QED) is 0.550. The van der Waals surface area contributed by atoms with Gasteiger partial charge in [0.25, 0.3) is 11.6 Å². The van der Waals surface area contributed by atoms with E-state index in [0.717, 1.165) is 0 Å². The van der Waals surface area contributed by atoms with Gasteiger partial charge in [-0.15, -0.1) is 0 Å². The van der Waals surface area contributed by atoms with Gasteiger partial charge in [0.2, 0.25) is 5.91 Å². The molecule has 0 aromatic heterocycles. The van der Waals surface area contributed by atoms with E-state index in [-0.39, 0.29) is 17.2 Å². The summed E-state index contributed by atoms with van der Waals surface area (Å²) in [5.74, 6) is -0.403. The third kappa shape index (κ3) is 4.84. The highest BCUT2D eigenvalue weighted by molar-refractivity contribution is 6.09. The molecule has 158 valence electrons. The van der Waals surface area contributed by atoms with Gasteiger partial charge in [-0.1, -0.05) is 0 Å². The molecule has 1 fully saturated rings. The smallest absolute Gasteiger partial charge is 0.270 e. The molecular weight excluding hydrogens is 392 g/mol. The molecule has 1 aliphatic rings. The number of nitrogens with zero attached hydrogens (tertiary/aromatic N) is 2. The van der Waals surface area contributed by atoms with Gasteiger partial charge in [0.1, 0.15) is 5.75 Å². The minimum atomic E-state index is -0.544. The number of non-ortho nitro benzene ring substituents is 1. The fraction of sp³-hybridized carbons (Fsp3) is 0.300. The topological polar surface area (TPSA) is 123 Å². The molecular formula is C20H22N4O6. The number of anilines is 3. The second-order valence-electron chi connectivity index (χ2n) is 6.61. The number of amides is 2. The molecule has 0 radical (unpaired) electrons. The maximum atomic E-state index is 13.1. The number of nitrogens with one attached hydrogen (secondary N) is 2. The van der Waals surface area contributed by atoms with Crippen LogP contribution < -0.4 is 20.3 Å². The van der Waals surface area contributed by atoms with Crippen LogP contribution in [0.4, 0.5) is 22.7 Å². The summed E-state index contributed by atoms with van der Waals surface area (Å²) in [5.41, 5.74) is 1.37. The molecule has 2 amide bonds. The summed E-state index contributed by atoms with van der Waals surface area (Å²) in [5, 5.41) is 16.6. The number of carbonyl (C=O) groups is 2. The molecule has 3 rings (SSSR count). The van der Waals surface area contributed by atoms with Crippen LogP contribution in [0, 0.1) is 10.1 Å². The van der Waals surface area contributed by atoms with E-state index in [1.54, 1.807) is 24.3 Å². The summed E-state index contributed by atoms with van der Waals surface area (Å²) in [6.45, 7) is 3.52. The highest BCUT2D eigenvalue weighted by Gasteiger charge is 2.23. The van der Waals surface area contributed by atoms with Crippen molar-refractivity contribution in [2.75, 3.05) is 48.9 Å². The molecule has 2 aromatic rings. The molecule has 30 heavy (non-hydrogen) atoms. The summed E-state index contributed by atoms with van der Waals surface area (Å²) >= 11 is 0. The second kappa shape index (κ2) is 9.23. The Morgan fingerprint density at radius 2 is 1.87 bits per heavy atom. The average molecular weight is 414 g/mol. The minimum absolute atomic E-state index is 0.165. The molecule has 0 unspecified atom stereocenters. The van der Waals surface area contributed by atoms with Crippen molar-refractivity contribution in [3.05, 3.63) is 52.1 Å². The van der Waals surface area contributed by atoms with Gasteiger partial charge in [-0.05, 0) is 24.3 Å². The standard InChI is InChI=1S/C20H22N4O6/c1-13(25)21-14-3-6-19(29-2)17(11-14)22-20(26)16-12-15(24(27)28)4-5-18(16)23-7-9-30-10-8-23/h3-6,11-12H,7-10H2,1-2H3,(H,21,25)(H,22,26). The molecule has 0 aliphatic carbocycles. The Hall–Kier alpha value is -3.66. The lowest BCUT2D eigenvalue weighted by Crippen LogP contribution is -2.37. The summed E-state index contributed by atoms with van der Waals surface area (Å²) in [6.07, 6.45) is 0. The Morgan fingerprint density at radius 1 is 1.13 bits per heavy atom. The molecule has 2 N–H and O–H groups in total. The maximum Gasteiger partial charge on any atom is 0.270 e. The van der Waals surface area contributed by atoms with E-state index >= 15 is 0 Å².